The molecule has 1 unspecified atom stereocenters. The van der Waals surface area contributed by atoms with Crippen LogP contribution >= 0.6 is 11.8 Å². The van der Waals surface area contributed by atoms with Crippen LogP contribution < -0.4 is 5.32 Å². The lowest BCUT2D eigenvalue weighted by Gasteiger charge is -2.19. The van der Waals surface area contributed by atoms with E-state index in [9.17, 15) is 13.2 Å². The lowest BCUT2D eigenvalue weighted by atomic mass is 10.1. The fraction of sp³-hybridized carbons (Fsp3) is 0.500. The van der Waals surface area contributed by atoms with Gasteiger partial charge in [-0.3, -0.25) is 0 Å². The van der Waals surface area contributed by atoms with E-state index in [0.29, 0.717) is 5.92 Å². The molecule has 0 aliphatic rings. The van der Waals surface area contributed by atoms with Crippen molar-refractivity contribution >= 4 is 17.4 Å². The van der Waals surface area contributed by atoms with Gasteiger partial charge in [0.05, 0.1) is 0 Å². The number of halogens is 3. The lowest BCUT2D eigenvalue weighted by Crippen LogP contribution is -2.21. The summed E-state index contributed by atoms with van der Waals surface area (Å²) in [5, 5.41) is 3.24. The number of benzene rings is 1. The zero-order valence-electron chi connectivity index (χ0n) is 10.0. The van der Waals surface area contributed by atoms with Crippen molar-refractivity contribution in [3.8, 4) is 0 Å². The molecule has 0 aliphatic heterocycles. The van der Waals surface area contributed by atoms with Crippen molar-refractivity contribution in [1.29, 1.82) is 0 Å². The number of rotatable bonds is 4. The van der Waals surface area contributed by atoms with Crippen LogP contribution in [0, 0.1) is 5.92 Å². The predicted molar refractivity (Wildman–Crippen MR) is 66.3 cm³/mol. The fourth-order valence-corrected chi connectivity index (χ4v) is 1.72. The van der Waals surface area contributed by atoms with E-state index in [1.165, 1.54) is 12.1 Å². The molecule has 17 heavy (non-hydrogen) atoms. The summed E-state index contributed by atoms with van der Waals surface area (Å²) in [6.07, 6.45) is 0. The van der Waals surface area contributed by atoms with Crippen molar-refractivity contribution in [2.75, 3.05) is 5.32 Å². The van der Waals surface area contributed by atoms with Gasteiger partial charge in [0.15, 0.2) is 0 Å². The van der Waals surface area contributed by atoms with E-state index in [4.69, 9.17) is 0 Å². The first-order chi connectivity index (χ1) is 7.78. The Bertz CT molecular complexity index is 346. The van der Waals surface area contributed by atoms with Crippen molar-refractivity contribution in [3.05, 3.63) is 24.3 Å². The minimum absolute atomic E-state index is 0.0931. The Balaban J connectivity index is 2.62. The zero-order chi connectivity index (χ0) is 13.1. The van der Waals surface area contributed by atoms with Gasteiger partial charge >= 0.3 is 5.51 Å². The Morgan fingerprint density at radius 3 is 2.00 bits per heavy atom. The van der Waals surface area contributed by atoms with Gasteiger partial charge in [-0.25, -0.2) is 0 Å². The predicted octanol–water partition coefficient (Wildman–Crippen LogP) is 4.75. The first-order valence-electron chi connectivity index (χ1n) is 5.40. The maximum absolute atomic E-state index is 12.1. The number of hydrogen-bond acceptors (Lipinski definition) is 2. The summed E-state index contributed by atoms with van der Waals surface area (Å²) in [6.45, 7) is 6.22. The summed E-state index contributed by atoms with van der Waals surface area (Å²) < 4.78 is 36.3. The van der Waals surface area contributed by atoms with Gasteiger partial charge in [0.2, 0.25) is 0 Å². The van der Waals surface area contributed by atoms with Crippen molar-refractivity contribution < 1.29 is 13.2 Å². The van der Waals surface area contributed by atoms with Crippen molar-refractivity contribution in [2.45, 2.75) is 37.2 Å². The molecule has 5 heteroatoms. The zero-order valence-corrected chi connectivity index (χ0v) is 10.8. The van der Waals surface area contributed by atoms with Gasteiger partial charge in [0.25, 0.3) is 0 Å². The summed E-state index contributed by atoms with van der Waals surface area (Å²) >= 11 is -0.0931. The topological polar surface area (TPSA) is 12.0 Å². The van der Waals surface area contributed by atoms with Crippen LogP contribution in [0.3, 0.4) is 0 Å². The van der Waals surface area contributed by atoms with Gasteiger partial charge in [0, 0.05) is 16.6 Å². The van der Waals surface area contributed by atoms with Gasteiger partial charge < -0.3 is 5.32 Å². The van der Waals surface area contributed by atoms with Gasteiger partial charge in [-0.05, 0) is 48.9 Å². The molecule has 0 amide bonds. The number of nitrogens with one attached hydrogen (secondary N) is 1. The summed E-state index contributed by atoms with van der Waals surface area (Å²) in [6, 6.07) is 6.59. The summed E-state index contributed by atoms with van der Waals surface area (Å²) in [5.41, 5.74) is -3.38. The second-order valence-electron chi connectivity index (χ2n) is 4.25. The SMILES string of the molecule is CC(C)C(C)Nc1ccc(SC(F)(F)F)cc1. The average molecular weight is 263 g/mol. The molecule has 0 aliphatic carbocycles. The van der Waals surface area contributed by atoms with E-state index in [1.807, 2.05) is 6.92 Å². The Morgan fingerprint density at radius 2 is 1.59 bits per heavy atom. The summed E-state index contributed by atoms with van der Waals surface area (Å²) in [5.74, 6) is 0.472. The van der Waals surface area contributed by atoms with Crippen LogP contribution in [0.4, 0.5) is 18.9 Å². The Kier molecular flexibility index (Phi) is 4.74. The molecule has 0 fully saturated rings. The summed E-state index contributed by atoms with van der Waals surface area (Å²) in [4.78, 5) is 0.209. The second-order valence-corrected chi connectivity index (χ2v) is 5.39. The third-order valence-electron chi connectivity index (χ3n) is 2.48. The molecule has 0 radical (unpaired) electrons. The molecule has 1 rings (SSSR count). The lowest BCUT2D eigenvalue weighted by molar-refractivity contribution is -0.0328. The van der Waals surface area contributed by atoms with E-state index < -0.39 is 5.51 Å². The molecule has 1 nitrogen and oxygen atoms in total. The van der Waals surface area contributed by atoms with Crippen molar-refractivity contribution in [2.24, 2.45) is 5.92 Å². The third-order valence-corrected chi connectivity index (χ3v) is 3.22. The van der Waals surface area contributed by atoms with E-state index >= 15 is 0 Å². The van der Waals surface area contributed by atoms with Crippen LogP contribution in [0.15, 0.2) is 29.2 Å². The molecule has 0 aromatic heterocycles. The minimum atomic E-state index is -4.22. The Labute approximate surface area is 104 Å². The molecule has 1 atom stereocenters. The molecule has 0 heterocycles. The van der Waals surface area contributed by atoms with Crippen LogP contribution in [-0.4, -0.2) is 11.6 Å². The van der Waals surface area contributed by atoms with Crippen molar-refractivity contribution in [1.82, 2.24) is 0 Å². The highest BCUT2D eigenvalue weighted by molar-refractivity contribution is 8.00. The quantitative estimate of drug-likeness (QED) is 0.786. The molecular formula is C12H16F3NS. The Morgan fingerprint density at radius 1 is 1.06 bits per heavy atom. The third kappa shape index (κ3) is 5.35. The number of hydrogen-bond donors (Lipinski definition) is 1. The monoisotopic (exact) mass is 263 g/mol. The van der Waals surface area contributed by atoms with Crippen LogP contribution in [-0.2, 0) is 0 Å². The fourth-order valence-electron chi connectivity index (χ4n) is 1.18. The van der Waals surface area contributed by atoms with E-state index in [0.717, 1.165) is 5.69 Å². The highest BCUT2D eigenvalue weighted by Crippen LogP contribution is 2.37. The van der Waals surface area contributed by atoms with E-state index in [-0.39, 0.29) is 22.7 Å². The largest absolute Gasteiger partial charge is 0.446 e. The maximum atomic E-state index is 12.1. The number of alkyl halides is 3. The second kappa shape index (κ2) is 5.67. The first-order valence-corrected chi connectivity index (χ1v) is 6.22. The Hall–Kier alpha value is -0.840. The molecule has 1 N–H and O–H groups in total. The van der Waals surface area contributed by atoms with Gasteiger partial charge in [-0.15, -0.1) is 0 Å². The van der Waals surface area contributed by atoms with E-state index in [1.54, 1.807) is 12.1 Å². The summed E-state index contributed by atoms with van der Waals surface area (Å²) in [7, 11) is 0. The van der Waals surface area contributed by atoms with Gasteiger partial charge in [0.1, 0.15) is 0 Å². The molecular weight excluding hydrogens is 247 g/mol. The van der Waals surface area contributed by atoms with Crippen LogP contribution in [0.2, 0.25) is 0 Å². The first kappa shape index (κ1) is 14.2. The number of thioether (sulfide) groups is 1. The minimum Gasteiger partial charge on any atom is -0.382 e. The standard InChI is InChI=1S/C12H16F3NS/c1-8(2)9(3)16-10-4-6-11(7-5-10)17-12(13,14)15/h4-9,16H,1-3H3. The molecule has 0 saturated carbocycles. The van der Waals surface area contributed by atoms with Crippen molar-refractivity contribution in [3.63, 3.8) is 0 Å². The van der Waals surface area contributed by atoms with Gasteiger partial charge in [-0.1, -0.05) is 13.8 Å². The van der Waals surface area contributed by atoms with Gasteiger partial charge in [-0.2, -0.15) is 13.2 Å². The highest BCUT2D eigenvalue weighted by atomic mass is 32.2. The highest BCUT2D eigenvalue weighted by Gasteiger charge is 2.28. The van der Waals surface area contributed by atoms with Crippen LogP contribution in [0.1, 0.15) is 20.8 Å². The number of anilines is 1. The molecule has 0 bridgehead atoms. The molecule has 1 aromatic rings. The molecule has 1 aromatic carbocycles. The van der Waals surface area contributed by atoms with Crippen LogP contribution in [0.25, 0.3) is 0 Å². The smallest absolute Gasteiger partial charge is 0.382 e. The molecule has 96 valence electrons. The molecule has 0 saturated heterocycles. The molecule has 0 spiro atoms. The van der Waals surface area contributed by atoms with Crippen LogP contribution in [0.5, 0.6) is 0 Å². The average Bonchev–Trinajstić information content (AvgIpc) is 2.18. The maximum Gasteiger partial charge on any atom is 0.446 e. The van der Waals surface area contributed by atoms with E-state index in [2.05, 4.69) is 19.2 Å². The normalized spacial score (nSPS) is 13.8.